The van der Waals surface area contributed by atoms with E-state index >= 15 is 0 Å². The maximum Gasteiger partial charge on any atom is 0.269 e. The number of nitrogens with two attached hydrogens (primary N) is 1. The highest BCUT2D eigenvalue weighted by atomic mass is 32.2. The number of hydrogen-bond donors (Lipinski definition) is 1. The lowest BCUT2D eigenvalue weighted by molar-refractivity contribution is -0.384. The minimum atomic E-state index is -3.73. The lowest BCUT2D eigenvalue weighted by atomic mass is 9.93. The second kappa shape index (κ2) is 7.36. The number of benzene rings is 1. The van der Waals surface area contributed by atoms with Crippen LogP contribution in [0.1, 0.15) is 32.1 Å². The quantitative estimate of drug-likeness (QED) is 0.637. The van der Waals surface area contributed by atoms with Crippen LogP contribution in [0.3, 0.4) is 0 Å². The maximum atomic E-state index is 13.1. The Morgan fingerprint density at radius 1 is 1.20 bits per heavy atom. The summed E-state index contributed by atoms with van der Waals surface area (Å²) in [7, 11) is -3.73. The summed E-state index contributed by atoms with van der Waals surface area (Å²) in [6, 6.07) is 4.83. The third-order valence-electron chi connectivity index (χ3n) is 4.94. The van der Waals surface area contributed by atoms with Gasteiger partial charge in [0, 0.05) is 31.3 Å². The minimum Gasteiger partial charge on any atom is -0.376 e. The molecular weight excluding hydrogens is 346 g/mol. The van der Waals surface area contributed by atoms with E-state index in [4.69, 9.17) is 10.5 Å². The van der Waals surface area contributed by atoms with Gasteiger partial charge in [0.05, 0.1) is 22.0 Å². The number of hydrogen-bond acceptors (Lipinski definition) is 6. The van der Waals surface area contributed by atoms with Crippen LogP contribution in [0.4, 0.5) is 5.69 Å². The average molecular weight is 369 g/mol. The number of nitro benzene ring substituents is 1. The molecule has 2 N–H and O–H groups in total. The van der Waals surface area contributed by atoms with Crippen LogP contribution in [0, 0.1) is 10.1 Å². The molecule has 9 heteroatoms. The fourth-order valence-corrected chi connectivity index (χ4v) is 5.32. The van der Waals surface area contributed by atoms with Crippen LogP contribution in [0.2, 0.25) is 0 Å². The van der Waals surface area contributed by atoms with Crippen LogP contribution in [0.15, 0.2) is 29.2 Å². The van der Waals surface area contributed by atoms with Crippen LogP contribution < -0.4 is 5.73 Å². The summed E-state index contributed by atoms with van der Waals surface area (Å²) in [5, 5.41) is 10.8. The largest absolute Gasteiger partial charge is 0.376 e. The van der Waals surface area contributed by atoms with Crippen LogP contribution in [-0.4, -0.2) is 49.0 Å². The summed E-state index contributed by atoms with van der Waals surface area (Å²) in [6.07, 6.45) is 3.73. The second-order valence-corrected chi connectivity index (χ2v) is 8.51. The van der Waals surface area contributed by atoms with Crippen molar-refractivity contribution < 1.29 is 18.1 Å². The summed E-state index contributed by atoms with van der Waals surface area (Å²) in [5.41, 5.74) is 5.90. The van der Waals surface area contributed by atoms with Crippen molar-refractivity contribution in [3.05, 3.63) is 34.4 Å². The highest BCUT2D eigenvalue weighted by Gasteiger charge is 2.40. The molecule has 3 unspecified atom stereocenters. The first-order valence-corrected chi connectivity index (χ1v) is 9.97. The molecule has 0 saturated carbocycles. The van der Waals surface area contributed by atoms with Crippen molar-refractivity contribution in [3.8, 4) is 0 Å². The third kappa shape index (κ3) is 3.84. The molecule has 2 heterocycles. The summed E-state index contributed by atoms with van der Waals surface area (Å²) in [5.74, 6) is 0. The zero-order valence-electron chi connectivity index (χ0n) is 13.9. The predicted molar refractivity (Wildman–Crippen MR) is 91.6 cm³/mol. The first kappa shape index (κ1) is 18.2. The van der Waals surface area contributed by atoms with E-state index < -0.39 is 14.9 Å². The molecule has 1 aromatic carbocycles. The molecule has 8 nitrogen and oxygen atoms in total. The normalized spacial score (nSPS) is 28.6. The van der Waals surface area contributed by atoms with Gasteiger partial charge in [0.25, 0.3) is 5.69 Å². The van der Waals surface area contributed by atoms with Gasteiger partial charge in [0.15, 0.2) is 0 Å². The second-order valence-electron chi connectivity index (χ2n) is 6.62. The number of nitrogens with zero attached hydrogens (tertiary/aromatic N) is 2. The summed E-state index contributed by atoms with van der Waals surface area (Å²) >= 11 is 0. The molecule has 0 aromatic heterocycles. The van der Waals surface area contributed by atoms with Gasteiger partial charge < -0.3 is 10.5 Å². The van der Waals surface area contributed by atoms with Crippen molar-refractivity contribution in [2.75, 3.05) is 13.2 Å². The number of rotatable bonds is 4. The zero-order valence-corrected chi connectivity index (χ0v) is 14.7. The van der Waals surface area contributed by atoms with Crippen molar-refractivity contribution in [2.45, 2.75) is 55.2 Å². The smallest absolute Gasteiger partial charge is 0.269 e. The van der Waals surface area contributed by atoms with Crippen molar-refractivity contribution in [1.82, 2.24) is 4.31 Å². The highest BCUT2D eigenvalue weighted by Crippen LogP contribution is 2.31. The van der Waals surface area contributed by atoms with E-state index in [2.05, 4.69) is 0 Å². The highest BCUT2D eigenvalue weighted by molar-refractivity contribution is 7.89. The van der Waals surface area contributed by atoms with E-state index in [0.717, 1.165) is 25.7 Å². The average Bonchev–Trinajstić information content (AvgIpc) is 2.62. The molecule has 3 atom stereocenters. The number of piperidine rings is 1. The lowest BCUT2D eigenvalue weighted by Crippen LogP contribution is -2.53. The third-order valence-corrected chi connectivity index (χ3v) is 6.88. The van der Waals surface area contributed by atoms with Crippen molar-refractivity contribution in [3.63, 3.8) is 0 Å². The molecule has 0 radical (unpaired) electrons. The maximum absolute atomic E-state index is 13.1. The minimum absolute atomic E-state index is 0.0320. The Morgan fingerprint density at radius 3 is 2.56 bits per heavy atom. The molecule has 0 aliphatic carbocycles. The van der Waals surface area contributed by atoms with E-state index in [9.17, 15) is 18.5 Å². The molecule has 3 rings (SSSR count). The Labute approximate surface area is 147 Å². The standard InChI is InChI=1S/C16H23N3O5S/c17-12-8-10-24-16(11-12)15-3-1-2-9-18(15)25(22,23)14-6-4-13(5-7-14)19(20)21/h4-7,12,15-16H,1-3,8-11,17H2. The zero-order chi connectivity index (χ0) is 18.0. The van der Waals surface area contributed by atoms with Gasteiger partial charge >= 0.3 is 0 Å². The number of nitro groups is 1. The van der Waals surface area contributed by atoms with E-state index in [1.54, 1.807) is 0 Å². The number of ether oxygens (including phenoxy) is 1. The Morgan fingerprint density at radius 2 is 1.92 bits per heavy atom. The van der Waals surface area contributed by atoms with Gasteiger partial charge in [0.1, 0.15) is 0 Å². The predicted octanol–water partition coefficient (Wildman–Crippen LogP) is 1.64. The van der Waals surface area contributed by atoms with Crippen molar-refractivity contribution >= 4 is 15.7 Å². The van der Waals surface area contributed by atoms with E-state index in [-0.39, 0.29) is 28.8 Å². The molecule has 2 saturated heterocycles. The summed E-state index contributed by atoms with van der Waals surface area (Å²) in [6.45, 7) is 0.979. The van der Waals surface area contributed by atoms with E-state index in [1.807, 2.05) is 0 Å². The Balaban J connectivity index is 1.86. The number of sulfonamides is 1. The summed E-state index contributed by atoms with van der Waals surface area (Å²) < 4.78 is 33.5. The van der Waals surface area contributed by atoms with Crippen LogP contribution in [0.5, 0.6) is 0 Å². The van der Waals surface area contributed by atoms with Gasteiger partial charge in [-0.3, -0.25) is 10.1 Å². The first-order chi connectivity index (χ1) is 11.9. The topological polar surface area (TPSA) is 116 Å². The molecule has 0 spiro atoms. The van der Waals surface area contributed by atoms with Gasteiger partial charge in [-0.05, 0) is 37.8 Å². The molecule has 138 valence electrons. The van der Waals surface area contributed by atoms with Gasteiger partial charge in [-0.1, -0.05) is 6.42 Å². The number of non-ortho nitro benzene ring substituents is 1. The Kier molecular flexibility index (Phi) is 5.38. The van der Waals surface area contributed by atoms with Crippen molar-refractivity contribution in [1.29, 1.82) is 0 Å². The first-order valence-electron chi connectivity index (χ1n) is 8.53. The van der Waals surface area contributed by atoms with Crippen LogP contribution in [0.25, 0.3) is 0 Å². The molecular formula is C16H23N3O5S. The molecule has 0 amide bonds. The molecule has 2 fully saturated rings. The van der Waals surface area contributed by atoms with E-state index in [0.29, 0.717) is 19.6 Å². The van der Waals surface area contributed by atoms with Crippen LogP contribution in [-0.2, 0) is 14.8 Å². The fraction of sp³-hybridized carbons (Fsp3) is 0.625. The van der Waals surface area contributed by atoms with Gasteiger partial charge in [-0.2, -0.15) is 4.31 Å². The Hall–Kier alpha value is -1.55. The van der Waals surface area contributed by atoms with E-state index in [1.165, 1.54) is 28.6 Å². The molecule has 25 heavy (non-hydrogen) atoms. The van der Waals surface area contributed by atoms with Gasteiger partial charge in [-0.25, -0.2) is 8.42 Å². The SMILES string of the molecule is NC1CCOC(C2CCCCN2S(=O)(=O)c2ccc([N+](=O)[O-])cc2)C1. The van der Waals surface area contributed by atoms with Gasteiger partial charge in [-0.15, -0.1) is 0 Å². The monoisotopic (exact) mass is 369 g/mol. The summed E-state index contributed by atoms with van der Waals surface area (Å²) in [4.78, 5) is 10.3. The molecule has 2 aliphatic rings. The fourth-order valence-electron chi connectivity index (χ4n) is 3.60. The molecule has 2 aliphatic heterocycles. The van der Waals surface area contributed by atoms with Gasteiger partial charge in [0.2, 0.25) is 10.0 Å². The Bertz CT molecular complexity index is 722. The molecule has 0 bridgehead atoms. The molecule has 1 aromatic rings. The lowest BCUT2D eigenvalue weighted by Gasteiger charge is -2.41. The van der Waals surface area contributed by atoms with Crippen molar-refractivity contribution in [2.24, 2.45) is 5.73 Å². The van der Waals surface area contributed by atoms with Crippen LogP contribution >= 0.6 is 0 Å².